The van der Waals surface area contributed by atoms with Crippen molar-refractivity contribution >= 4 is 17.8 Å². The third kappa shape index (κ3) is 7.83. The molecule has 1 rings (SSSR count). The lowest BCUT2D eigenvalue weighted by molar-refractivity contribution is -0.137. The van der Waals surface area contributed by atoms with Gasteiger partial charge in [0.15, 0.2) is 0 Å². The van der Waals surface area contributed by atoms with Crippen LogP contribution in [0.15, 0.2) is 24.3 Å². The Morgan fingerprint density at radius 3 is 2.24 bits per heavy atom. The molecule has 0 aliphatic carbocycles. The Kier molecular flexibility index (Phi) is 8.67. The summed E-state index contributed by atoms with van der Waals surface area (Å²) in [7, 11) is 0. The SMILES string of the molecule is Cc1ccc(C(=O)NC(C(=O)NCCCCCC(=O)O)C(C)C)cc1. The lowest BCUT2D eigenvalue weighted by atomic mass is 10.0. The zero-order valence-electron chi connectivity index (χ0n) is 15.2. The van der Waals surface area contributed by atoms with Crippen LogP contribution in [0.2, 0.25) is 0 Å². The zero-order chi connectivity index (χ0) is 18.8. The highest BCUT2D eigenvalue weighted by Crippen LogP contribution is 2.07. The highest BCUT2D eigenvalue weighted by Gasteiger charge is 2.24. The molecular weight excluding hydrogens is 320 g/mol. The highest BCUT2D eigenvalue weighted by atomic mass is 16.4. The number of nitrogens with one attached hydrogen (secondary N) is 2. The predicted octanol–water partition coefficient (Wildman–Crippen LogP) is 2.51. The molecule has 1 aromatic carbocycles. The van der Waals surface area contributed by atoms with Crippen molar-refractivity contribution in [3.63, 3.8) is 0 Å². The Balaban J connectivity index is 2.46. The maximum absolute atomic E-state index is 12.3. The molecule has 3 N–H and O–H groups in total. The van der Waals surface area contributed by atoms with E-state index < -0.39 is 12.0 Å². The number of benzene rings is 1. The standard InChI is InChI=1S/C19H28N2O4/c1-13(2)17(19(25)20-12-6-4-5-7-16(22)23)21-18(24)15-10-8-14(3)9-11-15/h8-11,13,17H,4-7,12H2,1-3H3,(H,20,25)(H,21,24)(H,22,23). The van der Waals surface area contributed by atoms with Gasteiger partial charge in [0.2, 0.25) is 5.91 Å². The monoisotopic (exact) mass is 348 g/mol. The molecule has 1 atom stereocenters. The lowest BCUT2D eigenvalue weighted by Crippen LogP contribution is -2.49. The largest absolute Gasteiger partial charge is 0.481 e. The Labute approximate surface area is 149 Å². The van der Waals surface area contributed by atoms with E-state index in [1.54, 1.807) is 12.1 Å². The van der Waals surface area contributed by atoms with Gasteiger partial charge in [-0.3, -0.25) is 14.4 Å². The Morgan fingerprint density at radius 2 is 1.68 bits per heavy atom. The topological polar surface area (TPSA) is 95.5 Å². The van der Waals surface area contributed by atoms with E-state index in [2.05, 4.69) is 10.6 Å². The molecule has 0 radical (unpaired) electrons. The van der Waals surface area contributed by atoms with E-state index in [9.17, 15) is 14.4 Å². The van der Waals surface area contributed by atoms with Gasteiger partial charge in [0, 0.05) is 18.5 Å². The number of carboxylic acids is 1. The van der Waals surface area contributed by atoms with Gasteiger partial charge in [0.1, 0.15) is 6.04 Å². The van der Waals surface area contributed by atoms with Crippen molar-refractivity contribution in [1.29, 1.82) is 0 Å². The number of hydrogen-bond acceptors (Lipinski definition) is 3. The molecule has 1 aromatic rings. The van der Waals surface area contributed by atoms with Crippen LogP contribution in [0.5, 0.6) is 0 Å². The minimum absolute atomic E-state index is 0.0404. The Bertz CT molecular complexity index is 582. The zero-order valence-corrected chi connectivity index (χ0v) is 15.2. The molecule has 0 heterocycles. The van der Waals surface area contributed by atoms with Crippen LogP contribution in [0.25, 0.3) is 0 Å². The number of aliphatic carboxylic acids is 1. The first-order valence-corrected chi connectivity index (χ1v) is 8.68. The minimum atomic E-state index is -0.803. The molecule has 0 aliphatic rings. The highest BCUT2D eigenvalue weighted by molar-refractivity contribution is 5.97. The van der Waals surface area contributed by atoms with Crippen molar-refractivity contribution in [2.45, 2.75) is 52.5 Å². The number of carboxylic acid groups (broad SMARTS) is 1. The molecule has 0 fully saturated rings. The van der Waals surface area contributed by atoms with E-state index in [4.69, 9.17) is 5.11 Å². The van der Waals surface area contributed by atoms with Crippen molar-refractivity contribution in [3.8, 4) is 0 Å². The summed E-state index contributed by atoms with van der Waals surface area (Å²) in [5.41, 5.74) is 1.59. The first-order valence-electron chi connectivity index (χ1n) is 8.68. The van der Waals surface area contributed by atoms with Crippen molar-refractivity contribution < 1.29 is 19.5 Å². The third-order valence-corrected chi connectivity index (χ3v) is 3.92. The van der Waals surface area contributed by atoms with Crippen LogP contribution in [0.4, 0.5) is 0 Å². The summed E-state index contributed by atoms with van der Waals surface area (Å²) in [5, 5.41) is 14.2. The van der Waals surface area contributed by atoms with Gasteiger partial charge in [-0.1, -0.05) is 38.0 Å². The number of unbranched alkanes of at least 4 members (excludes halogenated alkanes) is 2. The van der Waals surface area contributed by atoms with Gasteiger partial charge in [-0.05, 0) is 37.8 Å². The molecule has 0 aliphatic heterocycles. The predicted molar refractivity (Wildman–Crippen MR) is 96.4 cm³/mol. The van der Waals surface area contributed by atoms with Crippen LogP contribution in [0, 0.1) is 12.8 Å². The van der Waals surface area contributed by atoms with E-state index in [1.807, 2.05) is 32.9 Å². The summed E-state index contributed by atoms with van der Waals surface area (Å²) in [6.45, 7) is 6.18. The molecule has 0 saturated heterocycles. The van der Waals surface area contributed by atoms with E-state index >= 15 is 0 Å². The first-order chi connectivity index (χ1) is 11.8. The maximum Gasteiger partial charge on any atom is 0.303 e. The van der Waals surface area contributed by atoms with Gasteiger partial charge >= 0.3 is 5.97 Å². The quantitative estimate of drug-likeness (QED) is 0.566. The summed E-state index contributed by atoms with van der Waals surface area (Å²) >= 11 is 0. The average molecular weight is 348 g/mol. The summed E-state index contributed by atoms with van der Waals surface area (Å²) in [6, 6.07) is 6.59. The molecule has 25 heavy (non-hydrogen) atoms. The number of carbonyl (C=O) groups excluding carboxylic acids is 2. The average Bonchev–Trinajstić information content (AvgIpc) is 2.55. The van der Waals surface area contributed by atoms with Crippen molar-refractivity contribution in [1.82, 2.24) is 10.6 Å². The first kappa shape index (κ1) is 20.7. The molecule has 0 bridgehead atoms. The second kappa shape index (κ2) is 10.5. The number of aryl methyl sites for hydroxylation is 1. The fourth-order valence-electron chi connectivity index (χ4n) is 2.36. The van der Waals surface area contributed by atoms with E-state index in [-0.39, 0.29) is 24.2 Å². The number of rotatable bonds is 10. The van der Waals surface area contributed by atoms with Crippen LogP contribution in [0.3, 0.4) is 0 Å². The van der Waals surface area contributed by atoms with Gasteiger partial charge in [-0.25, -0.2) is 0 Å². The lowest BCUT2D eigenvalue weighted by Gasteiger charge is -2.21. The number of carbonyl (C=O) groups is 3. The van der Waals surface area contributed by atoms with Gasteiger partial charge in [-0.15, -0.1) is 0 Å². The molecule has 6 nitrogen and oxygen atoms in total. The minimum Gasteiger partial charge on any atom is -0.481 e. The van der Waals surface area contributed by atoms with E-state index in [0.29, 0.717) is 18.5 Å². The molecular formula is C19H28N2O4. The fraction of sp³-hybridized carbons (Fsp3) is 0.526. The maximum atomic E-state index is 12.3. The number of hydrogen-bond donors (Lipinski definition) is 3. The van der Waals surface area contributed by atoms with Crippen LogP contribution >= 0.6 is 0 Å². The van der Waals surface area contributed by atoms with Crippen LogP contribution in [-0.2, 0) is 9.59 Å². The fourth-order valence-corrected chi connectivity index (χ4v) is 2.36. The molecule has 2 amide bonds. The van der Waals surface area contributed by atoms with Gasteiger partial charge in [0.25, 0.3) is 5.91 Å². The van der Waals surface area contributed by atoms with Crippen LogP contribution in [-0.4, -0.2) is 35.5 Å². The van der Waals surface area contributed by atoms with Crippen LogP contribution in [0.1, 0.15) is 55.5 Å². The molecule has 0 aromatic heterocycles. The summed E-state index contributed by atoms with van der Waals surface area (Å²) in [6.07, 6.45) is 2.21. The molecule has 0 saturated carbocycles. The van der Waals surface area contributed by atoms with Gasteiger partial charge in [-0.2, -0.15) is 0 Å². The van der Waals surface area contributed by atoms with E-state index in [0.717, 1.165) is 18.4 Å². The van der Waals surface area contributed by atoms with E-state index in [1.165, 1.54) is 0 Å². The summed E-state index contributed by atoms with van der Waals surface area (Å²) in [5.74, 6) is -1.33. The second-order valence-corrected chi connectivity index (χ2v) is 6.56. The van der Waals surface area contributed by atoms with Gasteiger partial charge < -0.3 is 15.7 Å². The molecule has 6 heteroatoms. The van der Waals surface area contributed by atoms with Crippen molar-refractivity contribution in [3.05, 3.63) is 35.4 Å². The number of amides is 2. The smallest absolute Gasteiger partial charge is 0.303 e. The van der Waals surface area contributed by atoms with Gasteiger partial charge in [0.05, 0.1) is 0 Å². The third-order valence-electron chi connectivity index (χ3n) is 3.92. The summed E-state index contributed by atoms with van der Waals surface area (Å²) in [4.78, 5) is 35.1. The molecule has 0 spiro atoms. The second-order valence-electron chi connectivity index (χ2n) is 6.56. The van der Waals surface area contributed by atoms with Crippen molar-refractivity contribution in [2.75, 3.05) is 6.54 Å². The summed E-state index contributed by atoms with van der Waals surface area (Å²) < 4.78 is 0. The Hall–Kier alpha value is -2.37. The van der Waals surface area contributed by atoms with Crippen LogP contribution < -0.4 is 10.6 Å². The normalized spacial score (nSPS) is 11.8. The van der Waals surface area contributed by atoms with Crippen molar-refractivity contribution in [2.24, 2.45) is 5.92 Å². The Morgan fingerprint density at radius 1 is 1.04 bits per heavy atom. The molecule has 1 unspecified atom stereocenters. The molecule has 138 valence electrons.